The largest absolute Gasteiger partial charge is 0.452 e. The molecule has 1 aromatic heterocycles. The Kier molecular flexibility index (Phi) is 7.36. The second-order valence-corrected chi connectivity index (χ2v) is 7.84. The zero-order valence-corrected chi connectivity index (χ0v) is 19.1. The minimum atomic E-state index is -0.680. The fraction of sp³-hybridized carbons (Fsp3) is 0.0370. The van der Waals surface area contributed by atoms with Crippen molar-refractivity contribution < 1.29 is 14.3 Å². The molecule has 0 saturated carbocycles. The quantitative estimate of drug-likeness (QED) is 0.286. The fourth-order valence-electron chi connectivity index (χ4n) is 3.26. The zero-order valence-electron chi connectivity index (χ0n) is 18.4. The molecule has 0 aliphatic heterocycles. The lowest BCUT2D eigenvalue weighted by Gasteiger charge is -2.05. The van der Waals surface area contributed by atoms with Crippen LogP contribution >= 0.6 is 11.6 Å². The maximum atomic E-state index is 12.3. The van der Waals surface area contributed by atoms with Gasteiger partial charge in [-0.25, -0.2) is 9.48 Å². The summed E-state index contributed by atoms with van der Waals surface area (Å²) in [4.78, 5) is 24.4. The molecule has 35 heavy (non-hydrogen) atoms. The fourth-order valence-corrected chi connectivity index (χ4v) is 3.39. The van der Waals surface area contributed by atoms with Gasteiger partial charge in [-0.1, -0.05) is 48.0 Å². The predicted molar refractivity (Wildman–Crippen MR) is 134 cm³/mol. The van der Waals surface area contributed by atoms with E-state index in [1.165, 1.54) is 12.1 Å². The molecule has 1 amide bonds. The van der Waals surface area contributed by atoms with Gasteiger partial charge in [0.2, 0.25) is 0 Å². The van der Waals surface area contributed by atoms with Crippen LogP contribution in [0.5, 0.6) is 0 Å². The summed E-state index contributed by atoms with van der Waals surface area (Å²) in [7, 11) is 0. The van der Waals surface area contributed by atoms with E-state index in [0.29, 0.717) is 27.5 Å². The molecule has 172 valence electrons. The second kappa shape index (κ2) is 11.0. The number of carbonyl (C=O) groups excluding carboxylic acids is 2. The number of benzene rings is 3. The van der Waals surface area contributed by atoms with Gasteiger partial charge < -0.3 is 10.1 Å². The molecule has 0 saturated heterocycles. The number of hydrogen-bond acceptors (Lipinski definition) is 5. The molecule has 3 aromatic carbocycles. The SMILES string of the molecule is N#Cc1cccc(NC(=O)COC(=O)C=Cc2cn(-c3ccccc3)nc2-c2ccc(Cl)cc2)c1. The molecule has 7 nitrogen and oxygen atoms in total. The minimum Gasteiger partial charge on any atom is -0.452 e. The predicted octanol–water partition coefficient (Wildman–Crippen LogP) is 5.26. The number of esters is 1. The Labute approximate surface area is 206 Å². The number of nitriles is 1. The molecular formula is C27H19ClN4O3. The van der Waals surface area contributed by atoms with E-state index >= 15 is 0 Å². The summed E-state index contributed by atoms with van der Waals surface area (Å²) in [6, 6.07) is 25.3. The molecule has 0 bridgehead atoms. The summed E-state index contributed by atoms with van der Waals surface area (Å²) in [5.41, 5.74) is 3.89. The van der Waals surface area contributed by atoms with E-state index in [1.807, 2.05) is 48.5 Å². The maximum absolute atomic E-state index is 12.3. The summed E-state index contributed by atoms with van der Waals surface area (Å²) in [6.07, 6.45) is 4.64. The molecule has 0 spiro atoms. The Morgan fingerprint density at radius 1 is 1.06 bits per heavy atom. The standard InChI is InChI=1S/C27H19ClN4O3/c28-22-12-9-20(10-13-22)27-21(17-32(31-27)24-7-2-1-3-8-24)11-14-26(34)35-18-25(33)30-23-6-4-5-19(15-23)16-29/h1-15,17H,18H2,(H,30,33). The van der Waals surface area contributed by atoms with E-state index in [9.17, 15) is 9.59 Å². The molecule has 0 fully saturated rings. The van der Waals surface area contributed by atoms with Gasteiger partial charge in [0.25, 0.3) is 5.91 Å². The lowest BCUT2D eigenvalue weighted by atomic mass is 10.1. The molecule has 0 unspecified atom stereocenters. The number of ether oxygens (including phenoxy) is 1. The van der Waals surface area contributed by atoms with Crippen molar-refractivity contribution in [1.29, 1.82) is 5.26 Å². The Balaban J connectivity index is 1.46. The Bertz CT molecular complexity index is 1420. The lowest BCUT2D eigenvalue weighted by molar-refractivity contribution is -0.142. The van der Waals surface area contributed by atoms with E-state index in [4.69, 9.17) is 21.6 Å². The van der Waals surface area contributed by atoms with E-state index in [-0.39, 0.29) is 0 Å². The first-order valence-corrected chi connectivity index (χ1v) is 11.0. The van der Waals surface area contributed by atoms with Crippen molar-refractivity contribution in [2.75, 3.05) is 11.9 Å². The van der Waals surface area contributed by atoms with Crippen LogP contribution in [0.1, 0.15) is 11.1 Å². The zero-order chi connectivity index (χ0) is 24.6. The van der Waals surface area contributed by atoms with Crippen LogP contribution in [0.25, 0.3) is 23.0 Å². The van der Waals surface area contributed by atoms with Crippen molar-refractivity contribution >= 4 is 35.2 Å². The third-order valence-electron chi connectivity index (χ3n) is 4.90. The monoisotopic (exact) mass is 482 g/mol. The van der Waals surface area contributed by atoms with Crippen LogP contribution in [0, 0.1) is 11.3 Å². The third kappa shape index (κ3) is 6.22. The summed E-state index contributed by atoms with van der Waals surface area (Å²) in [5, 5.41) is 16.8. The molecule has 0 radical (unpaired) electrons. The van der Waals surface area contributed by atoms with Gasteiger partial charge in [0.15, 0.2) is 6.61 Å². The number of nitrogens with one attached hydrogen (secondary N) is 1. The van der Waals surface area contributed by atoms with Crippen molar-refractivity contribution in [2.45, 2.75) is 0 Å². The number of nitrogens with zero attached hydrogens (tertiary/aromatic N) is 3. The third-order valence-corrected chi connectivity index (χ3v) is 5.15. The number of aromatic nitrogens is 2. The average molecular weight is 483 g/mol. The van der Waals surface area contributed by atoms with E-state index in [1.54, 1.807) is 47.3 Å². The highest BCUT2D eigenvalue weighted by Gasteiger charge is 2.12. The van der Waals surface area contributed by atoms with Gasteiger partial charge in [0.05, 0.1) is 23.0 Å². The highest BCUT2D eigenvalue weighted by molar-refractivity contribution is 6.30. The van der Waals surface area contributed by atoms with Crippen molar-refractivity contribution in [3.05, 3.63) is 107 Å². The Hall–Kier alpha value is -4.67. The molecular weight excluding hydrogens is 464 g/mol. The van der Waals surface area contributed by atoms with Gasteiger partial charge in [-0.05, 0) is 48.5 Å². The topological polar surface area (TPSA) is 97.0 Å². The normalized spacial score (nSPS) is 10.6. The molecule has 0 aliphatic rings. The number of hydrogen-bond donors (Lipinski definition) is 1. The molecule has 0 aliphatic carbocycles. The number of carbonyl (C=O) groups is 2. The highest BCUT2D eigenvalue weighted by Crippen LogP contribution is 2.26. The Morgan fingerprint density at radius 2 is 1.83 bits per heavy atom. The van der Waals surface area contributed by atoms with Gasteiger partial charge in [-0.2, -0.15) is 10.4 Å². The smallest absolute Gasteiger partial charge is 0.331 e. The summed E-state index contributed by atoms with van der Waals surface area (Å²) in [5.74, 6) is -1.19. The van der Waals surface area contributed by atoms with Crippen LogP contribution in [0.4, 0.5) is 5.69 Å². The summed E-state index contributed by atoms with van der Waals surface area (Å²) in [6.45, 7) is -0.465. The van der Waals surface area contributed by atoms with Crippen LogP contribution in [-0.4, -0.2) is 28.3 Å². The van der Waals surface area contributed by atoms with Crippen LogP contribution in [0.2, 0.25) is 5.02 Å². The van der Waals surface area contributed by atoms with Gasteiger partial charge in [-0.15, -0.1) is 0 Å². The van der Waals surface area contributed by atoms with Gasteiger partial charge in [0, 0.05) is 34.1 Å². The van der Waals surface area contributed by atoms with Crippen molar-refractivity contribution in [3.8, 4) is 23.0 Å². The highest BCUT2D eigenvalue weighted by atomic mass is 35.5. The van der Waals surface area contributed by atoms with Gasteiger partial charge in [-0.3, -0.25) is 4.79 Å². The first kappa shape index (κ1) is 23.5. The molecule has 4 rings (SSSR count). The average Bonchev–Trinajstić information content (AvgIpc) is 3.31. The minimum absolute atomic E-state index is 0.412. The first-order valence-electron chi connectivity index (χ1n) is 10.6. The van der Waals surface area contributed by atoms with Crippen LogP contribution < -0.4 is 5.32 Å². The maximum Gasteiger partial charge on any atom is 0.331 e. The molecule has 4 aromatic rings. The van der Waals surface area contributed by atoms with Crippen LogP contribution in [0.15, 0.2) is 91.1 Å². The first-order chi connectivity index (χ1) is 17.0. The number of amides is 1. The number of halogens is 1. The van der Waals surface area contributed by atoms with E-state index < -0.39 is 18.5 Å². The number of anilines is 1. The van der Waals surface area contributed by atoms with Gasteiger partial charge in [0.1, 0.15) is 0 Å². The van der Waals surface area contributed by atoms with Gasteiger partial charge >= 0.3 is 5.97 Å². The molecule has 8 heteroatoms. The van der Waals surface area contributed by atoms with Crippen molar-refractivity contribution in [3.63, 3.8) is 0 Å². The molecule has 0 atom stereocenters. The van der Waals surface area contributed by atoms with Crippen molar-refractivity contribution in [2.24, 2.45) is 0 Å². The van der Waals surface area contributed by atoms with Crippen molar-refractivity contribution in [1.82, 2.24) is 9.78 Å². The van der Waals surface area contributed by atoms with Crippen LogP contribution in [0.3, 0.4) is 0 Å². The number of para-hydroxylation sites is 1. The second-order valence-electron chi connectivity index (χ2n) is 7.40. The van der Waals surface area contributed by atoms with Crippen LogP contribution in [-0.2, 0) is 14.3 Å². The molecule has 1 heterocycles. The van der Waals surface area contributed by atoms with E-state index in [2.05, 4.69) is 10.4 Å². The lowest BCUT2D eigenvalue weighted by Crippen LogP contribution is -2.20. The molecule has 1 N–H and O–H groups in total. The number of rotatable bonds is 7. The summed E-state index contributed by atoms with van der Waals surface area (Å²) < 4.78 is 6.78. The Morgan fingerprint density at radius 3 is 2.57 bits per heavy atom. The summed E-state index contributed by atoms with van der Waals surface area (Å²) >= 11 is 6.02. The van der Waals surface area contributed by atoms with E-state index in [0.717, 1.165) is 11.3 Å².